The number of carbonyl (C=O) groups excluding carboxylic acids is 2. The van der Waals surface area contributed by atoms with Gasteiger partial charge >= 0.3 is 0 Å². The van der Waals surface area contributed by atoms with Crippen LogP contribution >= 0.6 is 11.8 Å². The van der Waals surface area contributed by atoms with Crippen molar-refractivity contribution in [3.05, 3.63) is 54.1 Å². The highest BCUT2D eigenvalue weighted by Gasteiger charge is 2.37. The van der Waals surface area contributed by atoms with Gasteiger partial charge in [0.15, 0.2) is 0 Å². The average Bonchev–Trinajstić information content (AvgIpc) is 3.15. The third-order valence-electron chi connectivity index (χ3n) is 5.67. The molecule has 152 valence electrons. The Labute approximate surface area is 175 Å². The molecular weight excluding hydrogens is 384 g/mol. The second kappa shape index (κ2) is 8.91. The van der Waals surface area contributed by atoms with Crippen molar-refractivity contribution >= 4 is 35.0 Å². The molecule has 4 rings (SSSR count). The summed E-state index contributed by atoms with van der Waals surface area (Å²) in [4.78, 5) is 27.4. The van der Waals surface area contributed by atoms with Gasteiger partial charge in [0.05, 0.1) is 18.6 Å². The van der Waals surface area contributed by atoms with E-state index in [1.54, 1.807) is 23.8 Å². The lowest BCUT2D eigenvalue weighted by atomic mass is 9.88. The van der Waals surface area contributed by atoms with Crippen LogP contribution in [0.25, 0.3) is 0 Å². The summed E-state index contributed by atoms with van der Waals surface area (Å²) in [5.74, 6) is 1.28. The molecule has 0 spiro atoms. The molecule has 29 heavy (non-hydrogen) atoms. The number of nitrogens with one attached hydrogen (secondary N) is 1. The summed E-state index contributed by atoms with van der Waals surface area (Å²) in [7, 11) is 1.61. The fraction of sp³-hybridized carbons (Fsp3) is 0.391. The molecule has 1 unspecified atom stereocenters. The van der Waals surface area contributed by atoms with Crippen molar-refractivity contribution in [3.8, 4) is 5.75 Å². The van der Waals surface area contributed by atoms with E-state index in [1.165, 1.54) is 6.42 Å². The van der Waals surface area contributed by atoms with Gasteiger partial charge in [0.25, 0.3) is 0 Å². The zero-order valence-corrected chi connectivity index (χ0v) is 17.4. The monoisotopic (exact) mass is 410 g/mol. The molecular formula is C23H26N2O3S. The van der Waals surface area contributed by atoms with Gasteiger partial charge in [-0.1, -0.05) is 49.6 Å². The zero-order chi connectivity index (χ0) is 20.2. The molecule has 1 heterocycles. The van der Waals surface area contributed by atoms with Crippen molar-refractivity contribution in [3.63, 3.8) is 0 Å². The number of hydrogen-bond acceptors (Lipinski definition) is 4. The van der Waals surface area contributed by atoms with E-state index in [0.717, 1.165) is 42.6 Å². The van der Waals surface area contributed by atoms with Gasteiger partial charge in [0, 0.05) is 17.2 Å². The van der Waals surface area contributed by atoms with Crippen LogP contribution in [0.15, 0.2) is 48.5 Å². The summed E-state index contributed by atoms with van der Waals surface area (Å²) in [6, 6.07) is 15.4. The number of rotatable bonds is 5. The Morgan fingerprint density at radius 2 is 1.79 bits per heavy atom. The first kappa shape index (κ1) is 19.8. The summed E-state index contributed by atoms with van der Waals surface area (Å²) in [6.45, 7) is 0. The van der Waals surface area contributed by atoms with Crippen LogP contribution in [-0.4, -0.2) is 24.7 Å². The number of thioether (sulfide) groups is 1. The molecule has 1 saturated carbocycles. The van der Waals surface area contributed by atoms with Gasteiger partial charge in [-0.05, 0) is 31.0 Å². The second-order valence-corrected chi connectivity index (χ2v) is 8.58. The summed E-state index contributed by atoms with van der Waals surface area (Å²) in [5.41, 5.74) is 2.48. The van der Waals surface area contributed by atoms with Gasteiger partial charge in [-0.2, -0.15) is 0 Å². The number of anilines is 2. The molecule has 1 atom stereocenters. The fourth-order valence-corrected chi connectivity index (χ4v) is 5.37. The van der Waals surface area contributed by atoms with Crippen LogP contribution in [0.4, 0.5) is 11.4 Å². The van der Waals surface area contributed by atoms with E-state index in [2.05, 4.69) is 5.32 Å². The molecule has 0 bridgehead atoms. The predicted octanol–water partition coefficient (Wildman–Crippen LogP) is 4.99. The van der Waals surface area contributed by atoms with E-state index >= 15 is 0 Å². The summed E-state index contributed by atoms with van der Waals surface area (Å²) in [6.07, 6.45) is 5.37. The number of methoxy groups -OCH3 is 1. The predicted molar refractivity (Wildman–Crippen MR) is 117 cm³/mol. The van der Waals surface area contributed by atoms with Crippen molar-refractivity contribution < 1.29 is 14.3 Å². The smallest absolute Gasteiger partial charge is 0.238 e. The van der Waals surface area contributed by atoms with E-state index in [1.807, 2.05) is 48.5 Å². The number of amides is 2. The Hall–Kier alpha value is -2.47. The van der Waals surface area contributed by atoms with Crippen LogP contribution in [-0.2, 0) is 9.59 Å². The normalized spacial score (nSPS) is 20.0. The fourth-order valence-electron chi connectivity index (χ4n) is 4.17. The summed E-state index contributed by atoms with van der Waals surface area (Å²) in [5, 5.41) is 2.94. The lowest BCUT2D eigenvalue weighted by Crippen LogP contribution is -2.29. The van der Waals surface area contributed by atoms with E-state index in [9.17, 15) is 9.59 Å². The highest BCUT2D eigenvalue weighted by molar-refractivity contribution is 8.00. The van der Waals surface area contributed by atoms with Crippen molar-refractivity contribution in [1.82, 2.24) is 0 Å². The Kier molecular flexibility index (Phi) is 6.09. The third-order valence-corrected chi connectivity index (χ3v) is 6.87. The Morgan fingerprint density at radius 1 is 1.07 bits per heavy atom. The SMILES string of the molecule is COc1ccccc1N1C(=O)CSC1c1ccccc1NC(=O)C1CCCCC1. The minimum Gasteiger partial charge on any atom is -0.495 e. The Balaban J connectivity index is 1.63. The molecule has 1 aliphatic heterocycles. The number of ether oxygens (including phenoxy) is 1. The largest absolute Gasteiger partial charge is 0.495 e. The van der Waals surface area contributed by atoms with Crippen LogP contribution in [0.2, 0.25) is 0 Å². The van der Waals surface area contributed by atoms with Crippen molar-refractivity contribution in [2.45, 2.75) is 37.5 Å². The summed E-state index contributed by atoms with van der Waals surface area (Å²) < 4.78 is 5.49. The van der Waals surface area contributed by atoms with Gasteiger partial charge < -0.3 is 10.1 Å². The van der Waals surface area contributed by atoms with Crippen LogP contribution in [0, 0.1) is 5.92 Å². The molecule has 2 aromatic rings. The van der Waals surface area contributed by atoms with E-state index in [4.69, 9.17) is 4.74 Å². The number of nitrogens with zero attached hydrogens (tertiary/aromatic N) is 1. The zero-order valence-electron chi connectivity index (χ0n) is 16.6. The van der Waals surface area contributed by atoms with Crippen molar-refractivity contribution in [2.75, 3.05) is 23.1 Å². The van der Waals surface area contributed by atoms with Crippen LogP contribution in [0.3, 0.4) is 0 Å². The molecule has 0 radical (unpaired) electrons. The van der Waals surface area contributed by atoms with Gasteiger partial charge in [0.1, 0.15) is 11.1 Å². The van der Waals surface area contributed by atoms with E-state index in [0.29, 0.717) is 11.5 Å². The van der Waals surface area contributed by atoms with Gasteiger partial charge in [0.2, 0.25) is 11.8 Å². The van der Waals surface area contributed by atoms with Crippen molar-refractivity contribution in [1.29, 1.82) is 0 Å². The maximum atomic E-state index is 12.8. The molecule has 1 saturated heterocycles. The average molecular weight is 411 g/mol. The van der Waals surface area contributed by atoms with Crippen LogP contribution < -0.4 is 15.0 Å². The first-order valence-corrected chi connectivity index (χ1v) is 11.2. The maximum absolute atomic E-state index is 12.8. The third kappa shape index (κ3) is 4.13. The lowest BCUT2D eigenvalue weighted by molar-refractivity contribution is -0.120. The standard InChI is InChI=1S/C23H26N2O3S/c1-28-20-14-8-7-13-19(20)25-21(26)15-29-23(25)17-11-5-6-12-18(17)24-22(27)16-9-3-2-4-10-16/h5-8,11-14,16,23H,2-4,9-10,15H2,1H3,(H,24,27). The van der Waals surface area contributed by atoms with Crippen LogP contribution in [0.5, 0.6) is 5.75 Å². The lowest BCUT2D eigenvalue weighted by Gasteiger charge is -2.28. The Morgan fingerprint density at radius 3 is 2.59 bits per heavy atom. The topological polar surface area (TPSA) is 58.6 Å². The minimum absolute atomic E-state index is 0.0397. The van der Waals surface area contributed by atoms with Crippen LogP contribution in [0.1, 0.15) is 43.0 Å². The molecule has 2 amide bonds. The molecule has 1 aliphatic carbocycles. The highest BCUT2D eigenvalue weighted by Crippen LogP contribution is 2.46. The Bertz CT molecular complexity index is 895. The molecule has 2 aromatic carbocycles. The first-order chi connectivity index (χ1) is 14.2. The van der Waals surface area contributed by atoms with Crippen molar-refractivity contribution in [2.24, 2.45) is 5.92 Å². The highest BCUT2D eigenvalue weighted by atomic mass is 32.2. The molecule has 0 aromatic heterocycles. The second-order valence-electron chi connectivity index (χ2n) is 7.51. The maximum Gasteiger partial charge on any atom is 0.238 e. The van der Waals surface area contributed by atoms with E-state index in [-0.39, 0.29) is 23.1 Å². The number of hydrogen-bond donors (Lipinski definition) is 1. The number of carbonyl (C=O) groups is 2. The minimum atomic E-state index is -0.207. The summed E-state index contributed by atoms with van der Waals surface area (Å²) >= 11 is 1.57. The van der Waals surface area contributed by atoms with Gasteiger partial charge in [-0.3, -0.25) is 14.5 Å². The number of benzene rings is 2. The molecule has 6 heteroatoms. The molecule has 5 nitrogen and oxygen atoms in total. The van der Waals surface area contributed by atoms with Gasteiger partial charge in [-0.25, -0.2) is 0 Å². The van der Waals surface area contributed by atoms with Gasteiger partial charge in [-0.15, -0.1) is 11.8 Å². The molecule has 2 fully saturated rings. The van der Waals surface area contributed by atoms with E-state index < -0.39 is 0 Å². The number of para-hydroxylation sites is 3. The first-order valence-electron chi connectivity index (χ1n) is 10.2. The molecule has 1 N–H and O–H groups in total. The molecule has 2 aliphatic rings. The quantitative estimate of drug-likeness (QED) is 0.754.